The SMILES string of the molecule is CC/C=C\C/C=C\C/C=C\C/C=C\C/C=C\CC(=O)OCC(COP(=O)(O)OCC(CO)OC(=O)CC/C=C\C/C=C\C/C=C\C/C=C\CC)OC(=O)CCCCCCCCCCC/C=C\CCCCCCCC. The fraction of sp³-hybridized carbons (Fsp3) is 0.629. The maximum atomic E-state index is 12.9. The zero-order valence-electron chi connectivity index (χ0n) is 46.3. The fourth-order valence-corrected chi connectivity index (χ4v) is 7.93. The predicted octanol–water partition coefficient (Wildman–Crippen LogP) is 16.8. The third-order valence-corrected chi connectivity index (χ3v) is 12.3. The van der Waals surface area contributed by atoms with Gasteiger partial charge in [-0.25, -0.2) is 4.57 Å². The van der Waals surface area contributed by atoms with Gasteiger partial charge in [0.15, 0.2) is 6.10 Å². The summed E-state index contributed by atoms with van der Waals surface area (Å²) in [5, 5.41) is 9.78. The molecule has 74 heavy (non-hydrogen) atoms. The zero-order valence-corrected chi connectivity index (χ0v) is 47.2. The number of allylic oxidation sites excluding steroid dienone is 19. The molecule has 0 radical (unpaired) electrons. The highest BCUT2D eigenvalue weighted by Crippen LogP contribution is 2.43. The fourth-order valence-electron chi connectivity index (χ4n) is 7.14. The Labute approximate surface area is 449 Å². The summed E-state index contributed by atoms with van der Waals surface area (Å²) >= 11 is 0. The number of carbonyl (C=O) groups excluding carboxylic acids is 3. The van der Waals surface area contributed by atoms with Crippen LogP contribution in [0.1, 0.15) is 213 Å². The Balaban J connectivity index is 4.89. The van der Waals surface area contributed by atoms with Gasteiger partial charge in [0, 0.05) is 12.8 Å². The van der Waals surface area contributed by atoms with Gasteiger partial charge in [-0.3, -0.25) is 23.4 Å². The van der Waals surface area contributed by atoms with Crippen molar-refractivity contribution in [1.29, 1.82) is 0 Å². The molecule has 2 N–H and O–H groups in total. The van der Waals surface area contributed by atoms with Crippen LogP contribution in [0, 0.1) is 0 Å². The molecule has 12 heteroatoms. The van der Waals surface area contributed by atoms with E-state index in [-0.39, 0.29) is 19.3 Å². The summed E-state index contributed by atoms with van der Waals surface area (Å²) in [6.07, 6.45) is 67.8. The minimum absolute atomic E-state index is 0.0158. The van der Waals surface area contributed by atoms with Gasteiger partial charge in [-0.15, -0.1) is 0 Å². The number of carbonyl (C=O) groups is 3. The van der Waals surface area contributed by atoms with Crippen molar-refractivity contribution in [1.82, 2.24) is 0 Å². The number of hydrogen-bond donors (Lipinski definition) is 2. The molecule has 0 fully saturated rings. The Bertz CT molecular complexity index is 1700. The molecule has 3 atom stereocenters. The van der Waals surface area contributed by atoms with E-state index in [2.05, 4.69) is 106 Å². The summed E-state index contributed by atoms with van der Waals surface area (Å²) in [4.78, 5) is 48.4. The van der Waals surface area contributed by atoms with E-state index in [1.165, 1.54) is 77.0 Å². The summed E-state index contributed by atoms with van der Waals surface area (Å²) in [7, 11) is -4.79. The standard InChI is InChI=1S/C62H101O11P/c1-4-7-10-13-16-19-22-25-27-28-29-30-32-35-38-41-44-47-50-53-62(66)73-59(55-69-60(64)51-48-45-42-39-36-34-31-26-23-20-17-14-11-8-5-2)57-71-74(67,68)70-56-58(54-63)72-61(65)52-49-46-43-40-37-33-24-21-18-15-12-9-6-3/h8-9,11-12,17-18,20-21,25-27,31,33,36-37,39,43,45-46,48,58-59,63H,4-7,10,13-16,19,22-24,28-30,32,34-35,38,40-42,44,47,49-57H2,1-3H3,(H,67,68)/b11-8-,12-9-,20-17-,21-18-,27-25-,31-26-,37-33-,39-36-,46-43-,48-45-. The minimum atomic E-state index is -4.79. The summed E-state index contributed by atoms with van der Waals surface area (Å²) in [6, 6.07) is 0. The van der Waals surface area contributed by atoms with Crippen LogP contribution in [0.2, 0.25) is 0 Å². The normalized spacial score (nSPS) is 14.3. The number of rotatable bonds is 51. The van der Waals surface area contributed by atoms with E-state index in [0.29, 0.717) is 19.3 Å². The maximum Gasteiger partial charge on any atom is 0.472 e. The monoisotopic (exact) mass is 1050 g/mol. The van der Waals surface area contributed by atoms with Gasteiger partial charge in [0.2, 0.25) is 0 Å². The first kappa shape index (κ1) is 69.9. The van der Waals surface area contributed by atoms with Crippen molar-refractivity contribution in [2.24, 2.45) is 0 Å². The van der Waals surface area contributed by atoms with Gasteiger partial charge in [0.1, 0.15) is 12.7 Å². The van der Waals surface area contributed by atoms with Gasteiger partial charge in [-0.1, -0.05) is 219 Å². The van der Waals surface area contributed by atoms with Gasteiger partial charge in [-0.2, -0.15) is 0 Å². The Kier molecular flexibility index (Phi) is 52.1. The molecule has 0 rings (SSSR count). The largest absolute Gasteiger partial charge is 0.472 e. The van der Waals surface area contributed by atoms with Crippen molar-refractivity contribution in [3.05, 3.63) is 122 Å². The molecule has 0 aliphatic heterocycles. The Hall–Kier alpha value is -4.12. The van der Waals surface area contributed by atoms with Crippen LogP contribution in [0.4, 0.5) is 0 Å². The van der Waals surface area contributed by atoms with Gasteiger partial charge in [0.05, 0.1) is 26.2 Å². The second kappa shape index (κ2) is 55.1. The number of ether oxygens (including phenoxy) is 3. The predicted molar refractivity (Wildman–Crippen MR) is 306 cm³/mol. The molecule has 0 aromatic rings. The Morgan fingerprint density at radius 2 is 0.770 bits per heavy atom. The maximum absolute atomic E-state index is 12.9. The molecule has 0 amide bonds. The second-order valence-electron chi connectivity index (χ2n) is 18.3. The molecule has 0 saturated heterocycles. The van der Waals surface area contributed by atoms with Crippen LogP contribution >= 0.6 is 7.82 Å². The highest BCUT2D eigenvalue weighted by molar-refractivity contribution is 7.47. The lowest BCUT2D eigenvalue weighted by Gasteiger charge is -2.21. The van der Waals surface area contributed by atoms with Crippen LogP contribution in [0.25, 0.3) is 0 Å². The van der Waals surface area contributed by atoms with Crippen LogP contribution in [-0.2, 0) is 42.2 Å². The number of unbranched alkanes of at least 4 members (excludes halogenated alkanes) is 15. The molecule has 0 bridgehead atoms. The third kappa shape index (κ3) is 52.7. The van der Waals surface area contributed by atoms with Crippen LogP contribution in [0.5, 0.6) is 0 Å². The van der Waals surface area contributed by atoms with Gasteiger partial charge in [-0.05, 0) is 96.3 Å². The van der Waals surface area contributed by atoms with Crippen LogP contribution in [0.15, 0.2) is 122 Å². The van der Waals surface area contributed by atoms with Gasteiger partial charge >= 0.3 is 25.7 Å². The van der Waals surface area contributed by atoms with Crippen molar-refractivity contribution in [3.8, 4) is 0 Å². The van der Waals surface area contributed by atoms with Crippen LogP contribution in [-0.4, -0.2) is 66.5 Å². The molecule has 3 unspecified atom stereocenters. The Morgan fingerprint density at radius 3 is 1.23 bits per heavy atom. The van der Waals surface area contributed by atoms with E-state index in [9.17, 15) is 28.9 Å². The number of hydrogen-bond acceptors (Lipinski definition) is 10. The smallest absolute Gasteiger partial charge is 0.461 e. The van der Waals surface area contributed by atoms with Crippen molar-refractivity contribution < 1.29 is 52.2 Å². The molecule has 11 nitrogen and oxygen atoms in total. The molecule has 0 heterocycles. The number of esters is 3. The molecule has 0 aliphatic carbocycles. The third-order valence-electron chi connectivity index (χ3n) is 11.4. The summed E-state index contributed by atoms with van der Waals surface area (Å²) in [5.41, 5.74) is 0. The molecule has 420 valence electrons. The van der Waals surface area contributed by atoms with Crippen molar-refractivity contribution in [2.75, 3.05) is 26.4 Å². The van der Waals surface area contributed by atoms with E-state index in [1.807, 2.05) is 30.4 Å². The van der Waals surface area contributed by atoms with Crippen LogP contribution < -0.4 is 0 Å². The topological polar surface area (TPSA) is 155 Å². The number of aliphatic hydroxyl groups is 1. The highest BCUT2D eigenvalue weighted by atomic mass is 31.2. The zero-order chi connectivity index (χ0) is 54.1. The van der Waals surface area contributed by atoms with Crippen molar-refractivity contribution >= 4 is 25.7 Å². The van der Waals surface area contributed by atoms with E-state index in [0.717, 1.165) is 77.0 Å². The van der Waals surface area contributed by atoms with E-state index < -0.39 is 64.4 Å². The minimum Gasteiger partial charge on any atom is -0.461 e. The lowest BCUT2D eigenvalue weighted by atomic mass is 10.1. The van der Waals surface area contributed by atoms with Gasteiger partial charge in [0.25, 0.3) is 0 Å². The molecule has 0 saturated carbocycles. The van der Waals surface area contributed by atoms with Crippen LogP contribution in [0.3, 0.4) is 0 Å². The first-order valence-electron chi connectivity index (χ1n) is 28.4. The lowest BCUT2D eigenvalue weighted by molar-refractivity contribution is -0.161. The van der Waals surface area contributed by atoms with E-state index in [4.69, 9.17) is 23.3 Å². The summed E-state index contributed by atoms with van der Waals surface area (Å²) in [6.45, 7) is 4.20. The molecular weight excluding hydrogens is 952 g/mol. The van der Waals surface area contributed by atoms with Crippen molar-refractivity contribution in [2.45, 2.75) is 226 Å². The molecular formula is C62H101O11P. The number of phosphoric ester groups is 1. The van der Waals surface area contributed by atoms with Gasteiger partial charge < -0.3 is 24.2 Å². The average Bonchev–Trinajstić information content (AvgIpc) is 3.39. The number of phosphoric acid groups is 1. The first-order chi connectivity index (χ1) is 36.2. The molecule has 0 aromatic heterocycles. The van der Waals surface area contributed by atoms with E-state index >= 15 is 0 Å². The van der Waals surface area contributed by atoms with Crippen molar-refractivity contribution in [3.63, 3.8) is 0 Å². The number of aliphatic hydroxyl groups excluding tert-OH is 1. The lowest BCUT2D eigenvalue weighted by Crippen LogP contribution is -2.30. The second-order valence-corrected chi connectivity index (χ2v) is 19.8. The van der Waals surface area contributed by atoms with E-state index in [1.54, 1.807) is 6.08 Å². The summed E-state index contributed by atoms with van der Waals surface area (Å²) < 4.78 is 39.3. The quantitative estimate of drug-likeness (QED) is 0.0197. The highest BCUT2D eigenvalue weighted by Gasteiger charge is 2.28. The molecule has 0 aromatic carbocycles. The molecule has 0 aliphatic rings. The Morgan fingerprint density at radius 1 is 0.405 bits per heavy atom. The average molecular weight is 1050 g/mol. The first-order valence-corrected chi connectivity index (χ1v) is 29.9. The molecule has 0 spiro atoms. The summed E-state index contributed by atoms with van der Waals surface area (Å²) in [5.74, 6) is -1.72.